The zero-order valence-electron chi connectivity index (χ0n) is 9.50. The third-order valence-corrected chi connectivity index (χ3v) is 3.93. The number of nitrogens with one attached hydrogen (secondary N) is 1. The Morgan fingerprint density at radius 1 is 1.33 bits per heavy atom. The lowest BCUT2D eigenvalue weighted by Crippen LogP contribution is -2.25. The van der Waals surface area contributed by atoms with Gasteiger partial charge in [-0.1, -0.05) is 0 Å². The minimum atomic E-state index is -3.47. The number of rotatable bonds is 6. The number of hydrogen-bond donors (Lipinski definition) is 2. The van der Waals surface area contributed by atoms with Gasteiger partial charge in [0.15, 0.2) is 6.61 Å². The maximum atomic E-state index is 11.8. The van der Waals surface area contributed by atoms with Crippen LogP contribution in [0.1, 0.15) is 12.8 Å². The first kappa shape index (κ1) is 12.8. The van der Waals surface area contributed by atoms with E-state index in [1.807, 2.05) is 0 Å². The topological polar surface area (TPSA) is 92.7 Å². The molecule has 98 valence electrons. The summed E-state index contributed by atoms with van der Waals surface area (Å²) in [7, 11) is -3.47. The lowest BCUT2D eigenvalue weighted by Gasteiger charge is -2.07. The van der Waals surface area contributed by atoms with Crippen molar-refractivity contribution >= 4 is 16.0 Å². The Labute approximate surface area is 105 Å². The lowest BCUT2D eigenvalue weighted by atomic mass is 10.3. The van der Waals surface area contributed by atoms with Gasteiger partial charge < -0.3 is 9.84 Å². The third-order valence-electron chi connectivity index (χ3n) is 2.40. The molecule has 1 aliphatic rings. The van der Waals surface area contributed by atoms with Gasteiger partial charge in [-0.25, -0.2) is 17.9 Å². The Morgan fingerprint density at radius 3 is 2.44 bits per heavy atom. The van der Waals surface area contributed by atoms with Gasteiger partial charge >= 0.3 is 5.97 Å². The van der Waals surface area contributed by atoms with E-state index in [9.17, 15) is 13.2 Å². The number of carboxylic acids is 1. The minimum absolute atomic E-state index is 0.0536. The van der Waals surface area contributed by atoms with Gasteiger partial charge in [-0.2, -0.15) is 0 Å². The van der Waals surface area contributed by atoms with Crippen LogP contribution in [0.3, 0.4) is 0 Å². The molecule has 0 aliphatic heterocycles. The second-order valence-electron chi connectivity index (χ2n) is 4.05. The molecule has 0 amide bonds. The van der Waals surface area contributed by atoms with Crippen molar-refractivity contribution in [2.75, 3.05) is 6.61 Å². The standard InChI is InChI=1S/C11H13NO5S/c13-11(14)7-17-9-3-5-10(6-4-9)18(15,16)12-8-1-2-8/h3-6,8,12H,1-2,7H2,(H,13,14). The van der Waals surface area contributed by atoms with Crippen molar-refractivity contribution in [3.05, 3.63) is 24.3 Å². The van der Waals surface area contributed by atoms with E-state index in [-0.39, 0.29) is 10.9 Å². The first-order valence-electron chi connectivity index (χ1n) is 5.44. The number of aliphatic carboxylic acids is 1. The number of ether oxygens (including phenoxy) is 1. The van der Waals surface area contributed by atoms with Crippen molar-refractivity contribution in [3.8, 4) is 5.75 Å². The molecule has 6 nitrogen and oxygen atoms in total. The van der Waals surface area contributed by atoms with Gasteiger partial charge in [0, 0.05) is 6.04 Å². The Bertz CT molecular complexity index is 533. The van der Waals surface area contributed by atoms with Crippen molar-refractivity contribution < 1.29 is 23.1 Å². The van der Waals surface area contributed by atoms with E-state index < -0.39 is 22.6 Å². The predicted octanol–water partition coefficient (Wildman–Crippen LogP) is 0.591. The Morgan fingerprint density at radius 2 is 1.94 bits per heavy atom. The van der Waals surface area contributed by atoms with Crippen molar-refractivity contribution in [2.24, 2.45) is 0 Å². The van der Waals surface area contributed by atoms with Crippen LogP contribution < -0.4 is 9.46 Å². The molecule has 2 rings (SSSR count). The number of benzene rings is 1. The highest BCUT2D eigenvalue weighted by Crippen LogP contribution is 2.23. The maximum Gasteiger partial charge on any atom is 0.341 e. The highest BCUT2D eigenvalue weighted by molar-refractivity contribution is 7.89. The molecule has 1 aromatic carbocycles. The van der Waals surface area contributed by atoms with Crippen LogP contribution in [0, 0.1) is 0 Å². The first-order chi connectivity index (χ1) is 8.47. The molecule has 1 saturated carbocycles. The van der Waals surface area contributed by atoms with Crippen LogP contribution in [0.5, 0.6) is 5.75 Å². The molecule has 0 radical (unpaired) electrons. The normalized spacial score (nSPS) is 15.3. The molecule has 18 heavy (non-hydrogen) atoms. The van der Waals surface area contributed by atoms with Crippen LogP contribution in [0.15, 0.2) is 29.2 Å². The minimum Gasteiger partial charge on any atom is -0.482 e. The summed E-state index contributed by atoms with van der Waals surface area (Å²) in [5.74, 6) is -0.759. The molecule has 2 N–H and O–H groups in total. The van der Waals surface area contributed by atoms with Gasteiger partial charge in [0.25, 0.3) is 0 Å². The molecule has 1 aliphatic carbocycles. The van der Waals surface area contributed by atoms with Gasteiger partial charge in [-0.3, -0.25) is 0 Å². The zero-order chi connectivity index (χ0) is 13.2. The molecular weight excluding hydrogens is 258 g/mol. The van der Waals surface area contributed by atoms with Crippen molar-refractivity contribution in [1.29, 1.82) is 0 Å². The van der Waals surface area contributed by atoms with Crippen molar-refractivity contribution in [3.63, 3.8) is 0 Å². The molecule has 0 aromatic heterocycles. The van der Waals surface area contributed by atoms with Crippen LogP contribution >= 0.6 is 0 Å². The quantitative estimate of drug-likeness (QED) is 0.790. The molecule has 0 atom stereocenters. The predicted molar refractivity (Wildman–Crippen MR) is 62.9 cm³/mol. The number of carbonyl (C=O) groups is 1. The van der Waals surface area contributed by atoms with E-state index in [2.05, 4.69) is 4.72 Å². The Kier molecular flexibility index (Phi) is 3.53. The first-order valence-corrected chi connectivity index (χ1v) is 6.93. The maximum absolute atomic E-state index is 11.8. The summed E-state index contributed by atoms with van der Waals surface area (Å²) in [6, 6.07) is 5.71. The molecule has 0 spiro atoms. The molecule has 0 unspecified atom stereocenters. The second-order valence-corrected chi connectivity index (χ2v) is 5.76. The highest BCUT2D eigenvalue weighted by Gasteiger charge is 2.27. The second kappa shape index (κ2) is 4.95. The lowest BCUT2D eigenvalue weighted by molar-refractivity contribution is -0.139. The summed E-state index contributed by atoms with van der Waals surface area (Å²) in [5, 5.41) is 8.43. The van der Waals surface area contributed by atoms with Crippen LogP contribution in [-0.4, -0.2) is 32.1 Å². The summed E-state index contributed by atoms with van der Waals surface area (Å²) in [5.41, 5.74) is 0. The van der Waals surface area contributed by atoms with Gasteiger partial charge in [0.1, 0.15) is 5.75 Å². The van der Waals surface area contributed by atoms with Gasteiger partial charge in [0.2, 0.25) is 10.0 Å². The van der Waals surface area contributed by atoms with E-state index in [0.29, 0.717) is 5.75 Å². The Hall–Kier alpha value is -1.60. The summed E-state index contributed by atoms with van der Waals surface area (Å²) in [6.07, 6.45) is 1.75. The van der Waals surface area contributed by atoms with E-state index in [0.717, 1.165) is 12.8 Å². The molecule has 1 aromatic rings. The van der Waals surface area contributed by atoms with Gasteiger partial charge in [-0.15, -0.1) is 0 Å². The molecule has 0 bridgehead atoms. The molecule has 1 fully saturated rings. The van der Waals surface area contributed by atoms with Crippen LogP contribution in [-0.2, 0) is 14.8 Å². The van der Waals surface area contributed by atoms with E-state index in [1.54, 1.807) is 0 Å². The van der Waals surface area contributed by atoms with E-state index in [1.165, 1.54) is 24.3 Å². The average Bonchev–Trinajstić information content (AvgIpc) is 3.10. The average molecular weight is 271 g/mol. The summed E-state index contributed by atoms with van der Waals surface area (Å²) < 4.78 is 31.1. The van der Waals surface area contributed by atoms with E-state index in [4.69, 9.17) is 9.84 Å². The van der Waals surface area contributed by atoms with Crippen LogP contribution in [0.4, 0.5) is 0 Å². The molecule has 0 saturated heterocycles. The Balaban J connectivity index is 2.04. The smallest absolute Gasteiger partial charge is 0.341 e. The number of hydrogen-bond acceptors (Lipinski definition) is 4. The van der Waals surface area contributed by atoms with Gasteiger partial charge in [-0.05, 0) is 37.1 Å². The fourth-order valence-electron chi connectivity index (χ4n) is 1.35. The fraction of sp³-hybridized carbons (Fsp3) is 0.364. The molecule has 0 heterocycles. The summed E-state index contributed by atoms with van der Waals surface area (Å²) in [6.45, 7) is -0.452. The van der Waals surface area contributed by atoms with Crippen molar-refractivity contribution in [2.45, 2.75) is 23.8 Å². The van der Waals surface area contributed by atoms with Gasteiger partial charge in [0.05, 0.1) is 4.90 Å². The SMILES string of the molecule is O=C(O)COc1ccc(S(=O)(=O)NC2CC2)cc1. The van der Waals surface area contributed by atoms with Crippen LogP contribution in [0.25, 0.3) is 0 Å². The molecular formula is C11H13NO5S. The third kappa shape index (κ3) is 3.44. The molecule has 7 heteroatoms. The number of sulfonamides is 1. The summed E-state index contributed by atoms with van der Waals surface area (Å²) >= 11 is 0. The zero-order valence-corrected chi connectivity index (χ0v) is 10.3. The summed E-state index contributed by atoms with van der Waals surface area (Å²) in [4.78, 5) is 10.4. The fourth-order valence-corrected chi connectivity index (χ4v) is 2.65. The number of carboxylic acid groups (broad SMARTS) is 1. The monoisotopic (exact) mass is 271 g/mol. The largest absolute Gasteiger partial charge is 0.482 e. The van der Waals surface area contributed by atoms with E-state index >= 15 is 0 Å². The van der Waals surface area contributed by atoms with Crippen molar-refractivity contribution in [1.82, 2.24) is 4.72 Å². The van der Waals surface area contributed by atoms with Crippen LogP contribution in [0.2, 0.25) is 0 Å². The highest BCUT2D eigenvalue weighted by atomic mass is 32.2.